The molecule has 3 aliphatic heterocycles. The first-order valence-corrected chi connectivity index (χ1v) is 10.7. The van der Waals surface area contributed by atoms with E-state index >= 15 is 0 Å². The van der Waals surface area contributed by atoms with Crippen molar-refractivity contribution in [3.8, 4) is 5.75 Å². The Balaban J connectivity index is 1.42. The lowest BCUT2D eigenvalue weighted by Crippen LogP contribution is -2.52. The number of piperidine rings is 1. The van der Waals surface area contributed by atoms with Crippen LogP contribution < -0.4 is 10.1 Å². The van der Waals surface area contributed by atoms with Crippen LogP contribution in [0.3, 0.4) is 0 Å². The second-order valence-corrected chi connectivity index (χ2v) is 8.16. The minimum Gasteiger partial charge on any atom is -0.492 e. The van der Waals surface area contributed by atoms with E-state index in [9.17, 15) is 14.4 Å². The van der Waals surface area contributed by atoms with Crippen molar-refractivity contribution in [3.05, 3.63) is 29.3 Å². The quantitative estimate of drug-likeness (QED) is 0.767. The molecule has 0 aromatic heterocycles. The number of nitrogens with one attached hydrogen (secondary N) is 1. The molecular weight excluding hydrogens is 370 g/mol. The van der Waals surface area contributed by atoms with Crippen molar-refractivity contribution in [3.63, 3.8) is 0 Å². The van der Waals surface area contributed by atoms with Gasteiger partial charge in [0.2, 0.25) is 11.8 Å². The average molecular weight is 399 g/mol. The number of likely N-dealkylation sites (N-methyl/N-ethyl adjacent to an activating group) is 1. The zero-order valence-corrected chi connectivity index (χ0v) is 17.0. The van der Waals surface area contributed by atoms with Crippen molar-refractivity contribution >= 4 is 17.7 Å². The maximum Gasteiger partial charge on any atom is 0.255 e. The van der Waals surface area contributed by atoms with E-state index in [2.05, 4.69) is 17.1 Å². The molecule has 0 saturated carbocycles. The summed E-state index contributed by atoms with van der Waals surface area (Å²) < 4.78 is 6.11. The van der Waals surface area contributed by atoms with Crippen LogP contribution in [0.2, 0.25) is 0 Å². The molecule has 1 aromatic rings. The summed E-state index contributed by atoms with van der Waals surface area (Å²) in [4.78, 5) is 40.4. The summed E-state index contributed by atoms with van der Waals surface area (Å²) in [6, 6.07) is 5.41. The molecule has 1 N–H and O–H groups in total. The van der Waals surface area contributed by atoms with Crippen molar-refractivity contribution in [2.24, 2.45) is 0 Å². The summed E-state index contributed by atoms with van der Waals surface area (Å²) in [5.41, 5.74) is 1.50. The molecule has 7 heteroatoms. The monoisotopic (exact) mass is 399 g/mol. The third kappa shape index (κ3) is 4.15. The number of hydrogen-bond acceptors (Lipinski definition) is 5. The average Bonchev–Trinajstić information content (AvgIpc) is 2.88. The third-order valence-corrected chi connectivity index (χ3v) is 6.34. The number of fused-ring (bicyclic) bond motifs is 1. The molecule has 0 bridgehead atoms. The zero-order chi connectivity index (χ0) is 20.4. The number of nitrogens with zero attached hydrogens (tertiary/aromatic N) is 2. The van der Waals surface area contributed by atoms with Crippen LogP contribution >= 0.6 is 0 Å². The number of benzene rings is 1. The molecule has 1 aromatic carbocycles. The lowest BCUT2D eigenvalue weighted by Gasteiger charge is -2.29. The Kier molecular flexibility index (Phi) is 5.85. The van der Waals surface area contributed by atoms with Gasteiger partial charge in [-0.2, -0.15) is 0 Å². The lowest BCUT2D eigenvalue weighted by atomic mass is 10.0. The molecule has 2 saturated heterocycles. The smallest absolute Gasteiger partial charge is 0.255 e. The van der Waals surface area contributed by atoms with E-state index < -0.39 is 6.04 Å². The molecule has 29 heavy (non-hydrogen) atoms. The molecule has 3 amide bonds. The Bertz CT molecular complexity index is 809. The van der Waals surface area contributed by atoms with E-state index in [1.54, 1.807) is 11.0 Å². The lowest BCUT2D eigenvalue weighted by molar-refractivity contribution is -0.136. The van der Waals surface area contributed by atoms with Gasteiger partial charge in [0.1, 0.15) is 18.4 Å². The van der Waals surface area contributed by atoms with E-state index in [0.29, 0.717) is 31.2 Å². The molecule has 2 atom stereocenters. The number of carbonyl (C=O) groups excluding carboxylic acids is 3. The number of ether oxygens (including phenoxy) is 1. The number of imide groups is 1. The van der Waals surface area contributed by atoms with Gasteiger partial charge in [-0.25, -0.2) is 0 Å². The Morgan fingerprint density at radius 3 is 2.79 bits per heavy atom. The van der Waals surface area contributed by atoms with Crippen molar-refractivity contribution in [1.29, 1.82) is 0 Å². The fourth-order valence-electron chi connectivity index (χ4n) is 4.67. The maximum absolute atomic E-state index is 12.8. The minimum atomic E-state index is -0.582. The van der Waals surface area contributed by atoms with E-state index in [-0.39, 0.29) is 24.1 Å². The van der Waals surface area contributed by atoms with Crippen LogP contribution in [0.4, 0.5) is 0 Å². The highest BCUT2D eigenvalue weighted by Crippen LogP contribution is 2.30. The molecular formula is C22H29N3O4. The summed E-state index contributed by atoms with van der Waals surface area (Å²) in [7, 11) is 0. The molecule has 7 nitrogen and oxygen atoms in total. The number of rotatable bonds is 5. The van der Waals surface area contributed by atoms with Gasteiger partial charge in [-0.1, -0.05) is 19.8 Å². The fraction of sp³-hybridized carbons (Fsp3) is 0.591. The van der Waals surface area contributed by atoms with E-state index in [4.69, 9.17) is 4.74 Å². The Morgan fingerprint density at radius 1 is 1.14 bits per heavy atom. The van der Waals surface area contributed by atoms with E-state index in [1.807, 2.05) is 12.1 Å². The molecule has 3 aliphatic rings. The fourth-order valence-corrected chi connectivity index (χ4v) is 4.67. The van der Waals surface area contributed by atoms with Gasteiger partial charge in [0.05, 0.1) is 0 Å². The van der Waals surface area contributed by atoms with E-state index in [0.717, 1.165) is 30.8 Å². The molecule has 0 spiro atoms. The largest absolute Gasteiger partial charge is 0.492 e. The topological polar surface area (TPSA) is 79.0 Å². The highest BCUT2D eigenvalue weighted by Gasteiger charge is 2.39. The van der Waals surface area contributed by atoms with Gasteiger partial charge < -0.3 is 9.64 Å². The van der Waals surface area contributed by atoms with Gasteiger partial charge >= 0.3 is 0 Å². The Labute approximate surface area is 171 Å². The highest BCUT2D eigenvalue weighted by molar-refractivity contribution is 6.05. The van der Waals surface area contributed by atoms with Gasteiger partial charge in [-0.3, -0.25) is 24.6 Å². The SMILES string of the molecule is CCN1CCCCCC1COc1ccc2c(c1)CN(C1CCC(=O)NC1=O)C2=O. The Morgan fingerprint density at radius 2 is 2.00 bits per heavy atom. The van der Waals surface area contributed by atoms with Crippen LogP contribution in [0.15, 0.2) is 18.2 Å². The van der Waals surface area contributed by atoms with E-state index in [1.165, 1.54) is 19.3 Å². The van der Waals surface area contributed by atoms with Crippen LogP contribution in [-0.4, -0.2) is 59.3 Å². The molecule has 3 heterocycles. The number of likely N-dealkylation sites (tertiary alicyclic amines) is 1. The van der Waals surface area contributed by atoms with Gasteiger partial charge in [0, 0.05) is 24.6 Å². The minimum absolute atomic E-state index is 0.151. The molecule has 2 fully saturated rings. The third-order valence-electron chi connectivity index (χ3n) is 6.34. The number of carbonyl (C=O) groups is 3. The maximum atomic E-state index is 12.8. The number of hydrogen-bond donors (Lipinski definition) is 1. The standard InChI is InChI=1S/C22H29N3O4/c1-2-24-11-5-3-4-6-16(24)14-29-17-7-8-18-15(12-17)13-25(22(18)28)19-9-10-20(26)23-21(19)27/h7-8,12,16,19H,2-6,9-11,13-14H2,1H3,(H,23,26,27). The van der Waals surface area contributed by atoms with Crippen LogP contribution in [0.5, 0.6) is 5.75 Å². The zero-order valence-electron chi connectivity index (χ0n) is 17.0. The number of amides is 3. The van der Waals surface area contributed by atoms with Crippen LogP contribution in [0.1, 0.15) is 61.4 Å². The first-order chi connectivity index (χ1) is 14.1. The summed E-state index contributed by atoms with van der Waals surface area (Å²) in [6.45, 7) is 5.39. The summed E-state index contributed by atoms with van der Waals surface area (Å²) >= 11 is 0. The van der Waals surface area contributed by atoms with Crippen LogP contribution in [0, 0.1) is 0 Å². The molecule has 0 radical (unpaired) electrons. The summed E-state index contributed by atoms with van der Waals surface area (Å²) in [5.74, 6) is -0.0402. The normalized spacial score (nSPS) is 25.6. The van der Waals surface area contributed by atoms with Crippen molar-refractivity contribution in [2.45, 2.75) is 64.1 Å². The second kappa shape index (κ2) is 8.53. The highest BCUT2D eigenvalue weighted by atomic mass is 16.5. The van der Waals surface area contributed by atoms with Crippen LogP contribution in [0.25, 0.3) is 0 Å². The molecule has 2 unspecified atom stereocenters. The predicted molar refractivity (Wildman–Crippen MR) is 107 cm³/mol. The second-order valence-electron chi connectivity index (χ2n) is 8.16. The van der Waals surface area contributed by atoms with Crippen LogP contribution in [-0.2, 0) is 16.1 Å². The summed E-state index contributed by atoms with van der Waals surface area (Å²) in [6.07, 6.45) is 5.57. The predicted octanol–water partition coefficient (Wildman–Crippen LogP) is 2.09. The first kappa shape index (κ1) is 19.9. The van der Waals surface area contributed by atoms with Crippen molar-refractivity contribution < 1.29 is 19.1 Å². The van der Waals surface area contributed by atoms with Gasteiger partial charge in [0.15, 0.2) is 0 Å². The molecule has 4 rings (SSSR count). The Hall–Kier alpha value is -2.41. The van der Waals surface area contributed by atoms with Crippen molar-refractivity contribution in [2.75, 3.05) is 19.7 Å². The van der Waals surface area contributed by atoms with Gasteiger partial charge in [-0.15, -0.1) is 0 Å². The van der Waals surface area contributed by atoms with Gasteiger partial charge in [-0.05, 0) is 56.1 Å². The molecule has 156 valence electrons. The molecule has 0 aliphatic carbocycles. The van der Waals surface area contributed by atoms with Gasteiger partial charge in [0.25, 0.3) is 5.91 Å². The van der Waals surface area contributed by atoms with Crippen molar-refractivity contribution in [1.82, 2.24) is 15.1 Å². The summed E-state index contributed by atoms with van der Waals surface area (Å²) in [5, 5.41) is 2.34. The first-order valence-electron chi connectivity index (χ1n) is 10.7.